The fourth-order valence-corrected chi connectivity index (χ4v) is 3.15. The lowest BCUT2D eigenvalue weighted by Gasteiger charge is -2.17. The van der Waals surface area contributed by atoms with Crippen LogP contribution in [0.25, 0.3) is 0 Å². The third kappa shape index (κ3) is 4.10. The normalized spacial score (nSPS) is 12.7. The van der Waals surface area contributed by atoms with Gasteiger partial charge < -0.3 is 4.74 Å². The molecule has 122 valence electrons. The van der Waals surface area contributed by atoms with E-state index < -0.39 is 22.2 Å². The lowest BCUT2D eigenvalue weighted by Crippen LogP contribution is -2.21. The molecule has 0 aliphatic heterocycles. The van der Waals surface area contributed by atoms with Crippen LogP contribution < -0.4 is 0 Å². The van der Waals surface area contributed by atoms with Crippen LogP contribution in [-0.4, -0.2) is 21.5 Å². The van der Waals surface area contributed by atoms with Crippen molar-refractivity contribution in [3.05, 3.63) is 64.7 Å². The smallest absolute Gasteiger partial charge is 0.341 e. The Balaban J connectivity index is 2.40. The Morgan fingerprint density at radius 2 is 1.70 bits per heavy atom. The molecule has 2 aromatic rings. The third-order valence-corrected chi connectivity index (χ3v) is 4.78. The first-order chi connectivity index (χ1) is 10.8. The van der Waals surface area contributed by atoms with Gasteiger partial charge in [0.1, 0.15) is 0 Å². The first-order valence-electron chi connectivity index (χ1n) is 6.67. The van der Waals surface area contributed by atoms with Crippen molar-refractivity contribution in [2.45, 2.75) is 17.9 Å². The third-order valence-electron chi connectivity index (χ3n) is 3.14. The van der Waals surface area contributed by atoms with E-state index in [1.54, 1.807) is 24.3 Å². The number of esters is 1. The number of carbonyl (C=O) groups is 1. The predicted octanol–water partition coefficient (Wildman–Crippen LogP) is 3.27. The summed E-state index contributed by atoms with van der Waals surface area (Å²) in [5, 5.41) is 0.210. The molecule has 0 N–H and O–H groups in total. The van der Waals surface area contributed by atoms with Crippen molar-refractivity contribution in [3.8, 4) is 0 Å². The van der Waals surface area contributed by atoms with Crippen molar-refractivity contribution in [2.75, 3.05) is 7.11 Å². The maximum Gasteiger partial charge on any atom is 0.341 e. The number of methoxy groups -OCH3 is 1. The fourth-order valence-electron chi connectivity index (χ4n) is 1.90. The van der Waals surface area contributed by atoms with Crippen molar-refractivity contribution in [3.63, 3.8) is 0 Å². The van der Waals surface area contributed by atoms with Crippen molar-refractivity contribution >= 4 is 27.7 Å². The summed E-state index contributed by atoms with van der Waals surface area (Å²) >= 11 is 6.03. The monoisotopic (exact) mass is 354 g/mol. The van der Waals surface area contributed by atoms with Gasteiger partial charge >= 0.3 is 5.97 Å². The SMILES string of the molecule is COC(=O)[C@@H](OS(=O)(=O)c1ccc(C)cc1)c1ccccc1Cl. The van der Waals surface area contributed by atoms with Crippen LogP contribution in [-0.2, 0) is 23.8 Å². The average molecular weight is 355 g/mol. The summed E-state index contributed by atoms with van der Waals surface area (Å²) in [6.07, 6.45) is -1.47. The first-order valence-corrected chi connectivity index (χ1v) is 8.46. The number of rotatable bonds is 5. The van der Waals surface area contributed by atoms with Gasteiger partial charge in [0.15, 0.2) is 0 Å². The van der Waals surface area contributed by atoms with Gasteiger partial charge in [-0.25, -0.2) is 8.98 Å². The summed E-state index contributed by atoms with van der Waals surface area (Å²) in [6.45, 7) is 1.83. The molecule has 0 heterocycles. The Morgan fingerprint density at radius 1 is 1.09 bits per heavy atom. The van der Waals surface area contributed by atoms with E-state index in [9.17, 15) is 13.2 Å². The minimum atomic E-state index is -4.16. The summed E-state index contributed by atoms with van der Waals surface area (Å²) in [5.74, 6) is -0.853. The first kappa shape index (κ1) is 17.5. The summed E-state index contributed by atoms with van der Waals surface area (Å²) in [5.41, 5.74) is 1.12. The highest BCUT2D eigenvalue weighted by Gasteiger charge is 2.31. The van der Waals surface area contributed by atoms with Gasteiger partial charge in [-0.15, -0.1) is 0 Å². The van der Waals surface area contributed by atoms with E-state index in [1.807, 2.05) is 6.92 Å². The molecule has 0 unspecified atom stereocenters. The number of carbonyl (C=O) groups excluding carboxylic acids is 1. The number of aryl methyl sites for hydroxylation is 1. The van der Waals surface area contributed by atoms with Gasteiger partial charge in [0.25, 0.3) is 10.1 Å². The molecule has 0 aliphatic carbocycles. The van der Waals surface area contributed by atoms with E-state index in [2.05, 4.69) is 4.74 Å². The van der Waals surface area contributed by atoms with Crippen molar-refractivity contribution in [2.24, 2.45) is 0 Å². The van der Waals surface area contributed by atoms with Crippen LogP contribution in [0.3, 0.4) is 0 Å². The zero-order chi connectivity index (χ0) is 17.0. The number of benzene rings is 2. The number of halogens is 1. The van der Waals surface area contributed by atoms with Gasteiger partial charge in [-0.2, -0.15) is 8.42 Å². The zero-order valence-electron chi connectivity index (χ0n) is 12.5. The number of hydrogen-bond acceptors (Lipinski definition) is 5. The van der Waals surface area contributed by atoms with E-state index in [0.29, 0.717) is 0 Å². The highest BCUT2D eigenvalue weighted by molar-refractivity contribution is 7.86. The standard InChI is InChI=1S/C16H15ClO5S/c1-11-7-9-12(10-8-11)23(19,20)22-15(16(18)21-2)13-5-3-4-6-14(13)17/h3-10,15H,1-2H3/t15-/m0/s1. The Labute approximate surface area is 139 Å². The Morgan fingerprint density at radius 3 is 2.26 bits per heavy atom. The fraction of sp³-hybridized carbons (Fsp3) is 0.188. The zero-order valence-corrected chi connectivity index (χ0v) is 14.1. The molecular formula is C16H15ClO5S. The molecule has 7 heteroatoms. The summed E-state index contributed by atoms with van der Waals surface area (Å²) in [4.78, 5) is 11.9. The quantitative estimate of drug-likeness (QED) is 0.608. The lowest BCUT2D eigenvalue weighted by atomic mass is 10.1. The van der Waals surface area contributed by atoms with Gasteiger partial charge in [-0.3, -0.25) is 0 Å². The molecule has 1 atom stereocenters. The minimum Gasteiger partial charge on any atom is -0.467 e. The van der Waals surface area contributed by atoms with Crippen molar-refractivity contribution in [1.29, 1.82) is 0 Å². The lowest BCUT2D eigenvalue weighted by molar-refractivity contribution is -0.149. The van der Waals surface area contributed by atoms with Crippen LogP contribution >= 0.6 is 11.6 Å². The van der Waals surface area contributed by atoms with Crippen LogP contribution in [0.1, 0.15) is 17.2 Å². The van der Waals surface area contributed by atoms with Crippen LogP contribution in [0.15, 0.2) is 53.4 Å². The highest BCUT2D eigenvalue weighted by Crippen LogP contribution is 2.30. The molecule has 23 heavy (non-hydrogen) atoms. The van der Waals surface area contributed by atoms with E-state index in [1.165, 1.54) is 24.3 Å². The van der Waals surface area contributed by atoms with Gasteiger partial charge in [0.05, 0.1) is 12.0 Å². The van der Waals surface area contributed by atoms with Crippen LogP contribution in [0, 0.1) is 6.92 Å². The number of hydrogen-bond donors (Lipinski definition) is 0. The van der Waals surface area contributed by atoms with E-state index >= 15 is 0 Å². The van der Waals surface area contributed by atoms with E-state index in [4.69, 9.17) is 15.8 Å². The molecule has 0 fully saturated rings. The molecule has 0 amide bonds. The van der Waals surface area contributed by atoms with Gasteiger partial charge in [-0.1, -0.05) is 47.5 Å². The van der Waals surface area contributed by atoms with Crippen molar-refractivity contribution in [1.82, 2.24) is 0 Å². The summed E-state index contributed by atoms with van der Waals surface area (Å²) in [6, 6.07) is 12.4. The van der Waals surface area contributed by atoms with Crippen LogP contribution in [0.4, 0.5) is 0 Å². The molecular weight excluding hydrogens is 340 g/mol. The van der Waals surface area contributed by atoms with Gasteiger partial charge in [0, 0.05) is 10.6 Å². The minimum absolute atomic E-state index is 0.0518. The molecule has 0 saturated carbocycles. The number of ether oxygens (including phenoxy) is 1. The largest absolute Gasteiger partial charge is 0.467 e. The Kier molecular flexibility index (Phi) is 5.41. The molecule has 2 aromatic carbocycles. The molecule has 0 bridgehead atoms. The maximum atomic E-state index is 12.4. The second-order valence-electron chi connectivity index (χ2n) is 4.79. The van der Waals surface area contributed by atoms with Crippen LogP contribution in [0.2, 0.25) is 5.02 Å². The van der Waals surface area contributed by atoms with E-state index in [0.717, 1.165) is 12.7 Å². The molecule has 0 aliphatic rings. The highest BCUT2D eigenvalue weighted by atomic mass is 35.5. The van der Waals surface area contributed by atoms with Gasteiger partial charge in [0.2, 0.25) is 6.10 Å². The summed E-state index contributed by atoms with van der Waals surface area (Å²) < 4.78 is 34.5. The summed E-state index contributed by atoms with van der Waals surface area (Å²) in [7, 11) is -3.01. The van der Waals surface area contributed by atoms with Crippen LogP contribution in [0.5, 0.6) is 0 Å². The Bertz CT molecular complexity index is 799. The maximum absolute atomic E-state index is 12.4. The van der Waals surface area contributed by atoms with Crippen molar-refractivity contribution < 1.29 is 22.1 Å². The second-order valence-corrected chi connectivity index (χ2v) is 6.77. The topological polar surface area (TPSA) is 69.7 Å². The predicted molar refractivity (Wildman–Crippen MR) is 85.7 cm³/mol. The van der Waals surface area contributed by atoms with E-state index in [-0.39, 0.29) is 15.5 Å². The molecule has 0 saturated heterocycles. The molecule has 2 rings (SSSR count). The molecule has 5 nitrogen and oxygen atoms in total. The molecule has 0 aromatic heterocycles. The van der Waals surface area contributed by atoms with Gasteiger partial charge in [-0.05, 0) is 25.1 Å². The second kappa shape index (κ2) is 7.12. The average Bonchev–Trinajstić information content (AvgIpc) is 2.53. The Hall–Kier alpha value is -1.89. The molecule has 0 spiro atoms. The molecule has 0 radical (unpaired) electrons.